The van der Waals surface area contributed by atoms with Gasteiger partial charge in [0.05, 0.1) is 4.92 Å². The van der Waals surface area contributed by atoms with E-state index in [1.165, 1.54) is 42.0 Å². The van der Waals surface area contributed by atoms with Crippen molar-refractivity contribution in [1.29, 1.82) is 0 Å². The molecule has 44 heavy (non-hydrogen) atoms. The number of hydrogen-bond acceptors (Lipinski definition) is 6. The summed E-state index contributed by atoms with van der Waals surface area (Å²) in [7, 11) is 0. The number of non-ortho nitro benzene ring substituents is 1. The van der Waals surface area contributed by atoms with Crippen LogP contribution in [-0.2, 0) is 17.8 Å². The number of nitrogens with two attached hydrogens (primary N) is 1. The second-order valence-electron chi connectivity index (χ2n) is 11.9. The van der Waals surface area contributed by atoms with Gasteiger partial charge < -0.3 is 16.0 Å². The highest BCUT2D eigenvalue weighted by Gasteiger charge is 2.39. The van der Waals surface area contributed by atoms with Crippen molar-refractivity contribution >= 4 is 17.5 Å². The molecule has 0 aromatic heterocycles. The number of nitro benzene ring substituents is 1. The number of halogens is 1. The van der Waals surface area contributed by atoms with E-state index in [0.717, 1.165) is 37.7 Å². The van der Waals surface area contributed by atoms with Gasteiger partial charge in [-0.1, -0.05) is 42.5 Å². The maximum atomic E-state index is 13.9. The van der Waals surface area contributed by atoms with Crippen LogP contribution in [0.5, 0.6) is 0 Å². The first-order valence-corrected chi connectivity index (χ1v) is 15.4. The Hall–Kier alpha value is -4.15. The third-order valence-electron chi connectivity index (χ3n) is 8.93. The minimum atomic E-state index is -0.696. The molecule has 1 saturated carbocycles. The third kappa shape index (κ3) is 8.06. The lowest BCUT2D eigenvalue weighted by atomic mass is 9.90. The van der Waals surface area contributed by atoms with E-state index in [4.69, 9.17) is 5.73 Å². The zero-order valence-electron chi connectivity index (χ0n) is 24.8. The van der Waals surface area contributed by atoms with Crippen LogP contribution in [0, 0.1) is 15.9 Å². The standard InChI is InChI=1S/C34H40FN5O4/c35-27-10-8-26(9-11-27)34(42)39-21-19-31(22-32(39)33(41)37-29-14-12-28(36)13-15-29)38(20-18-24-4-2-1-3-5-24)23-25-6-16-30(17-7-25)40(43)44/h1-11,16-17,28-29,31-32H,12-15,18-23,36H2,(H,37,41)/t28?,29?,31?,32-/m1/s1. The number of rotatable bonds is 10. The van der Waals surface area contributed by atoms with E-state index < -0.39 is 16.8 Å². The number of nitro groups is 1. The van der Waals surface area contributed by atoms with Gasteiger partial charge in [0.15, 0.2) is 0 Å². The predicted octanol–water partition coefficient (Wildman–Crippen LogP) is 4.84. The predicted molar refractivity (Wildman–Crippen MR) is 166 cm³/mol. The number of carbonyl (C=O) groups is 2. The molecule has 232 valence electrons. The number of carbonyl (C=O) groups excluding carboxylic acids is 2. The van der Waals surface area contributed by atoms with E-state index in [1.807, 2.05) is 18.2 Å². The fourth-order valence-corrected chi connectivity index (χ4v) is 6.35. The van der Waals surface area contributed by atoms with Gasteiger partial charge in [0, 0.05) is 55.5 Å². The Morgan fingerprint density at radius 2 is 1.61 bits per heavy atom. The molecule has 3 aromatic carbocycles. The summed E-state index contributed by atoms with van der Waals surface area (Å²) in [5, 5.41) is 14.4. The summed E-state index contributed by atoms with van der Waals surface area (Å²) in [6.45, 7) is 1.64. The van der Waals surface area contributed by atoms with Crippen LogP contribution in [0.2, 0.25) is 0 Å². The lowest BCUT2D eigenvalue weighted by Crippen LogP contribution is -2.58. The van der Waals surface area contributed by atoms with Crippen LogP contribution in [0.3, 0.4) is 0 Å². The van der Waals surface area contributed by atoms with Crippen LogP contribution in [0.15, 0.2) is 78.9 Å². The van der Waals surface area contributed by atoms with Crippen molar-refractivity contribution in [1.82, 2.24) is 15.1 Å². The summed E-state index contributed by atoms with van der Waals surface area (Å²) in [6, 6.07) is 21.6. The molecule has 0 radical (unpaired) electrons. The number of likely N-dealkylation sites (tertiary alicyclic amines) is 1. The Morgan fingerprint density at radius 1 is 0.932 bits per heavy atom. The molecule has 2 atom stereocenters. The SMILES string of the molecule is NC1CCC(NC(=O)[C@H]2CC(N(CCc3ccccc3)Cc3ccc([N+](=O)[O-])cc3)CCN2C(=O)c2ccc(F)cc2)CC1. The highest BCUT2D eigenvalue weighted by atomic mass is 19.1. The molecule has 1 unspecified atom stereocenters. The molecular weight excluding hydrogens is 561 g/mol. The van der Waals surface area contributed by atoms with Gasteiger partial charge in [-0.05, 0) is 80.3 Å². The van der Waals surface area contributed by atoms with Crippen molar-refractivity contribution in [3.8, 4) is 0 Å². The Morgan fingerprint density at radius 3 is 2.27 bits per heavy atom. The quantitative estimate of drug-likeness (QED) is 0.253. The van der Waals surface area contributed by atoms with Gasteiger partial charge >= 0.3 is 0 Å². The minimum absolute atomic E-state index is 0.0123. The highest BCUT2D eigenvalue weighted by Crippen LogP contribution is 2.27. The largest absolute Gasteiger partial charge is 0.352 e. The molecule has 10 heteroatoms. The fraction of sp³-hybridized carbons (Fsp3) is 0.412. The van der Waals surface area contributed by atoms with Gasteiger partial charge in [-0.3, -0.25) is 24.6 Å². The van der Waals surface area contributed by atoms with E-state index >= 15 is 0 Å². The van der Waals surface area contributed by atoms with Crippen LogP contribution in [0.1, 0.15) is 60.0 Å². The zero-order chi connectivity index (χ0) is 31.1. The summed E-state index contributed by atoms with van der Waals surface area (Å²) in [5.74, 6) is -0.894. The number of nitrogens with one attached hydrogen (secondary N) is 1. The topological polar surface area (TPSA) is 122 Å². The van der Waals surface area contributed by atoms with Crippen LogP contribution in [0.4, 0.5) is 10.1 Å². The van der Waals surface area contributed by atoms with E-state index in [2.05, 4.69) is 22.3 Å². The fourth-order valence-electron chi connectivity index (χ4n) is 6.35. The average Bonchev–Trinajstić information content (AvgIpc) is 3.04. The summed E-state index contributed by atoms with van der Waals surface area (Å²) in [5.41, 5.74) is 8.60. The summed E-state index contributed by atoms with van der Waals surface area (Å²) < 4.78 is 13.6. The Bertz CT molecular complexity index is 1410. The Balaban J connectivity index is 1.38. The molecule has 1 aliphatic heterocycles. The lowest BCUT2D eigenvalue weighted by molar-refractivity contribution is -0.384. The maximum Gasteiger partial charge on any atom is 0.269 e. The normalized spacial score (nSPS) is 22.0. The van der Waals surface area contributed by atoms with Gasteiger partial charge in [-0.25, -0.2) is 4.39 Å². The van der Waals surface area contributed by atoms with Crippen LogP contribution >= 0.6 is 0 Å². The molecule has 1 heterocycles. The molecule has 0 spiro atoms. The molecule has 3 N–H and O–H groups in total. The van der Waals surface area contributed by atoms with Gasteiger partial charge in [-0.15, -0.1) is 0 Å². The summed E-state index contributed by atoms with van der Waals surface area (Å²) in [4.78, 5) is 42.3. The van der Waals surface area contributed by atoms with Gasteiger partial charge in [-0.2, -0.15) is 0 Å². The van der Waals surface area contributed by atoms with Crippen molar-refractivity contribution < 1.29 is 18.9 Å². The molecule has 2 amide bonds. The van der Waals surface area contributed by atoms with E-state index in [-0.39, 0.29) is 35.6 Å². The molecule has 1 saturated heterocycles. The average molecular weight is 602 g/mol. The van der Waals surface area contributed by atoms with Crippen molar-refractivity contribution in [2.75, 3.05) is 13.1 Å². The zero-order valence-corrected chi connectivity index (χ0v) is 24.8. The first-order valence-electron chi connectivity index (χ1n) is 15.4. The molecule has 9 nitrogen and oxygen atoms in total. The van der Waals surface area contributed by atoms with Gasteiger partial charge in [0.2, 0.25) is 5.91 Å². The highest BCUT2D eigenvalue weighted by molar-refractivity contribution is 5.97. The van der Waals surface area contributed by atoms with Crippen molar-refractivity contribution in [3.63, 3.8) is 0 Å². The van der Waals surface area contributed by atoms with Crippen molar-refractivity contribution in [3.05, 3.63) is 111 Å². The van der Waals surface area contributed by atoms with Crippen LogP contribution in [-0.4, -0.2) is 63.8 Å². The number of benzene rings is 3. The number of piperidine rings is 1. The molecule has 0 bridgehead atoms. The molecule has 5 rings (SSSR count). The second-order valence-corrected chi connectivity index (χ2v) is 11.9. The first kappa shape index (κ1) is 31.3. The number of hydrogen-bond donors (Lipinski definition) is 2. The monoisotopic (exact) mass is 601 g/mol. The van der Waals surface area contributed by atoms with E-state index in [9.17, 15) is 24.1 Å². The summed E-state index contributed by atoms with van der Waals surface area (Å²) >= 11 is 0. The smallest absolute Gasteiger partial charge is 0.269 e. The number of nitrogens with zero attached hydrogens (tertiary/aromatic N) is 3. The Kier molecular flexibility index (Phi) is 10.3. The lowest BCUT2D eigenvalue weighted by Gasteiger charge is -2.43. The number of amides is 2. The molecule has 2 aliphatic rings. The molecule has 1 aliphatic carbocycles. The van der Waals surface area contributed by atoms with Gasteiger partial charge in [0.25, 0.3) is 11.6 Å². The first-order chi connectivity index (χ1) is 21.3. The second kappa shape index (κ2) is 14.5. The van der Waals surface area contributed by atoms with Crippen molar-refractivity contribution in [2.45, 2.75) is 75.7 Å². The maximum absolute atomic E-state index is 13.9. The van der Waals surface area contributed by atoms with E-state index in [1.54, 1.807) is 17.0 Å². The van der Waals surface area contributed by atoms with Crippen molar-refractivity contribution in [2.24, 2.45) is 5.73 Å². The van der Waals surface area contributed by atoms with E-state index in [0.29, 0.717) is 38.0 Å². The van der Waals surface area contributed by atoms with Gasteiger partial charge in [0.1, 0.15) is 11.9 Å². The third-order valence-corrected chi connectivity index (χ3v) is 8.93. The van der Waals surface area contributed by atoms with Crippen LogP contribution < -0.4 is 11.1 Å². The minimum Gasteiger partial charge on any atom is -0.352 e. The Labute approximate surface area is 257 Å². The van der Waals surface area contributed by atoms with Crippen LogP contribution in [0.25, 0.3) is 0 Å². The molecule has 2 fully saturated rings. The molecular formula is C34H40FN5O4. The molecule has 3 aromatic rings. The summed E-state index contributed by atoms with van der Waals surface area (Å²) in [6.07, 6.45) is 5.18.